The molecule has 0 fully saturated rings. The van der Waals surface area contributed by atoms with Gasteiger partial charge in [-0.05, 0) is 43.9 Å². The third-order valence-electron chi connectivity index (χ3n) is 3.45. The van der Waals surface area contributed by atoms with Crippen molar-refractivity contribution in [3.05, 3.63) is 29.8 Å². The van der Waals surface area contributed by atoms with Crippen molar-refractivity contribution in [2.75, 3.05) is 11.9 Å². The predicted molar refractivity (Wildman–Crippen MR) is 83.7 cm³/mol. The molecule has 0 heterocycles. The summed E-state index contributed by atoms with van der Waals surface area (Å²) in [6.07, 6.45) is 8.34. The van der Waals surface area contributed by atoms with Crippen molar-refractivity contribution in [3.63, 3.8) is 0 Å². The molecule has 0 spiro atoms. The standard InChI is InChI=1S/C17H29NO/c1-3-4-5-6-9-15(2)18-17-12-7-10-16(14-17)11-8-13-19/h7,10,12,14-15,18-19H,3-6,8-9,11,13H2,1-2H3. The Labute approximate surface area is 118 Å². The van der Waals surface area contributed by atoms with Crippen LogP contribution in [0.15, 0.2) is 24.3 Å². The lowest BCUT2D eigenvalue weighted by atomic mass is 10.1. The van der Waals surface area contributed by atoms with E-state index in [1.54, 1.807) is 0 Å². The van der Waals surface area contributed by atoms with E-state index in [9.17, 15) is 0 Å². The van der Waals surface area contributed by atoms with Gasteiger partial charge in [-0.3, -0.25) is 0 Å². The van der Waals surface area contributed by atoms with Crippen molar-refractivity contribution in [2.24, 2.45) is 0 Å². The summed E-state index contributed by atoms with van der Waals surface area (Å²) in [5.41, 5.74) is 2.51. The number of anilines is 1. The summed E-state index contributed by atoms with van der Waals surface area (Å²) in [6, 6.07) is 9.10. The molecule has 1 rings (SSSR count). The van der Waals surface area contributed by atoms with Gasteiger partial charge in [0, 0.05) is 18.3 Å². The summed E-state index contributed by atoms with van der Waals surface area (Å²) in [7, 11) is 0. The van der Waals surface area contributed by atoms with Gasteiger partial charge in [-0.1, -0.05) is 44.7 Å². The molecule has 0 saturated heterocycles. The average Bonchev–Trinajstić information content (AvgIpc) is 2.42. The maximum atomic E-state index is 8.87. The minimum absolute atomic E-state index is 0.269. The number of hydrogen-bond donors (Lipinski definition) is 2. The van der Waals surface area contributed by atoms with Crippen LogP contribution in [0.2, 0.25) is 0 Å². The molecule has 0 aliphatic rings. The maximum absolute atomic E-state index is 8.87. The van der Waals surface area contributed by atoms with Gasteiger partial charge < -0.3 is 10.4 Å². The molecule has 1 aromatic rings. The number of aliphatic hydroxyl groups excluding tert-OH is 1. The molecule has 2 nitrogen and oxygen atoms in total. The van der Waals surface area contributed by atoms with Crippen LogP contribution in [-0.4, -0.2) is 17.8 Å². The lowest BCUT2D eigenvalue weighted by Gasteiger charge is -2.16. The molecule has 0 bridgehead atoms. The fourth-order valence-electron chi connectivity index (χ4n) is 2.33. The summed E-state index contributed by atoms with van der Waals surface area (Å²) in [5.74, 6) is 0. The molecule has 1 aromatic carbocycles. The topological polar surface area (TPSA) is 32.3 Å². The summed E-state index contributed by atoms with van der Waals surface area (Å²) in [5, 5.41) is 12.4. The molecule has 0 saturated carbocycles. The Hall–Kier alpha value is -1.02. The highest BCUT2D eigenvalue weighted by atomic mass is 16.2. The SMILES string of the molecule is CCCCCCC(C)Nc1cccc(CCCO)c1. The van der Waals surface area contributed by atoms with E-state index in [1.807, 2.05) is 0 Å². The van der Waals surface area contributed by atoms with E-state index in [-0.39, 0.29) is 6.61 Å². The largest absolute Gasteiger partial charge is 0.396 e. The number of rotatable bonds is 10. The van der Waals surface area contributed by atoms with Crippen LogP contribution in [-0.2, 0) is 6.42 Å². The first-order valence-corrected chi connectivity index (χ1v) is 7.72. The van der Waals surface area contributed by atoms with Crippen LogP contribution in [0.1, 0.15) is 57.9 Å². The van der Waals surface area contributed by atoms with Gasteiger partial charge in [-0.15, -0.1) is 0 Å². The van der Waals surface area contributed by atoms with E-state index in [2.05, 4.69) is 43.4 Å². The van der Waals surface area contributed by atoms with Gasteiger partial charge in [-0.2, -0.15) is 0 Å². The first-order valence-electron chi connectivity index (χ1n) is 7.72. The molecule has 0 amide bonds. The van der Waals surface area contributed by atoms with Crippen LogP contribution < -0.4 is 5.32 Å². The molecule has 2 heteroatoms. The normalized spacial score (nSPS) is 12.4. The van der Waals surface area contributed by atoms with Crippen molar-refractivity contribution in [2.45, 2.75) is 64.8 Å². The maximum Gasteiger partial charge on any atom is 0.0434 e. The molecule has 1 unspecified atom stereocenters. The van der Waals surface area contributed by atoms with Gasteiger partial charge in [0.05, 0.1) is 0 Å². The zero-order valence-electron chi connectivity index (χ0n) is 12.5. The average molecular weight is 263 g/mol. The highest BCUT2D eigenvalue weighted by molar-refractivity contribution is 5.46. The molecule has 1 atom stereocenters. The van der Waals surface area contributed by atoms with E-state index < -0.39 is 0 Å². The molecular formula is C17H29NO. The summed E-state index contributed by atoms with van der Waals surface area (Å²) < 4.78 is 0. The molecule has 0 aliphatic heterocycles. The van der Waals surface area contributed by atoms with Crippen LogP contribution in [0.4, 0.5) is 5.69 Å². The number of aliphatic hydroxyl groups is 1. The molecule has 19 heavy (non-hydrogen) atoms. The Kier molecular flexibility index (Phi) is 8.31. The minimum Gasteiger partial charge on any atom is -0.396 e. The zero-order valence-corrected chi connectivity index (χ0v) is 12.5. The first-order chi connectivity index (χ1) is 9.26. The van der Waals surface area contributed by atoms with Crippen molar-refractivity contribution in [1.29, 1.82) is 0 Å². The lowest BCUT2D eigenvalue weighted by Crippen LogP contribution is -2.14. The lowest BCUT2D eigenvalue weighted by molar-refractivity contribution is 0.288. The fraction of sp³-hybridized carbons (Fsp3) is 0.647. The van der Waals surface area contributed by atoms with Gasteiger partial charge in [0.25, 0.3) is 0 Å². The summed E-state index contributed by atoms with van der Waals surface area (Å²) >= 11 is 0. The third kappa shape index (κ3) is 7.22. The van der Waals surface area contributed by atoms with Crippen LogP contribution in [0.25, 0.3) is 0 Å². The van der Waals surface area contributed by atoms with Gasteiger partial charge in [-0.25, -0.2) is 0 Å². The van der Waals surface area contributed by atoms with Crippen LogP contribution in [0, 0.1) is 0 Å². The Bertz CT molecular complexity index is 338. The number of hydrogen-bond acceptors (Lipinski definition) is 2. The first kappa shape index (κ1) is 16.0. The molecule has 2 N–H and O–H groups in total. The Balaban J connectivity index is 2.34. The number of nitrogens with one attached hydrogen (secondary N) is 1. The van der Waals surface area contributed by atoms with Gasteiger partial charge in [0.1, 0.15) is 0 Å². The van der Waals surface area contributed by atoms with E-state index in [0.29, 0.717) is 6.04 Å². The second-order valence-electron chi connectivity index (χ2n) is 5.42. The molecule has 108 valence electrons. The van der Waals surface area contributed by atoms with E-state index in [4.69, 9.17) is 5.11 Å². The zero-order chi connectivity index (χ0) is 13.9. The van der Waals surface area contributed by atoms with Gasteiger partial charge in [0.15, 0.2) is 0 Å². The summed E-state index contributed by atoms with van der Waals surface area (Å²) in [6.45, 7) is 4.78. The minimum atomic E-state index is 0.269. The highest BCUT2D eigenvalue weighted by Crippen LogP contribution is 2.15. The van der Waals surface area contributed by atoms with E-state index in [0.717, 1.165) is 12.8 Å². The van der Waals surface area contributed by atoms with Crippen LogP contribution in [0.3, 0.4) is 0 Å². The molecule has 0 aromatic heterocycles. The molecule has 0 aliphatic carbocycles. The fourth-order valence-corrected chi connectivity index (χ4v) is 2.33. The third-order valence-corrected chi connectivity index (χ3v) is 3.45. The Morgan fingerprint density at radius 3 is 2.74 bits per heavy atom. The number of unbranched alkanes of at least 4 members (excludes halogenated alkanes) is 3. The smallest absolute Gasteiger partial charge is 0.0434 e. The summed E-state index contributed by atoms with van der Waals surface area (Å²) in [4.78, 5) is 0. The second-order valence-corrected chi connectivity index (χ2v) is 5.42. The van der Waals surface area contributed by atoms with Crippen molar-refractivity contribution < 1.29 is 5.11 Å². The Morgan fingerprint density at radius 1 is 1.16 bits per heavy atom. The molecule has 0 radical (unpaired) electrons. The van der Waals surface area contributed by atoms with Crippen LogP contribution in [0.5, 0.6) is 0 Å². The second kappa shape index (κ2) is 9.85. The monoisotopic (exact) mass is 263 g/mol. The predicted octanol–water partition coefficient (Wildman–Crippen LogP) is 4.38. The van der Waals surface area contributed by atoms with Gasteiger partial charge >= 0.3 is 0 Å². The quantitative estimate of drug-likeness (QED) is 0.614. The highest BCUT2D eigenvalue weighted by Gasteiger charge is 2.02. The molecular weight excluding hydrogens is 234 g/mol. The number of benzene rings is 1. The van der Waals surface area contributed by atoms with Gasteiger partial charge in [0.2, 0.25) is 0 Å². The Morgan fingerprint density at radius 2 is 2.00 bits per heavy atom. The van der Waals surface area contributed by atoms with Crippen molar-refractivity contribution in [3.8, 4) is 0 Å². The number of aryl methyl sites for hydroxylation is 1. The van der Waals surface area contributed by atoms with Crippen molar-refractivity contribution >= 4 is 5.69 Å². The van der Waals surface area contributed by atoms with Crippen molar-refractivity contribution in [1.82, 2.24) is 0 Å². The van der Waals surface area contributed by atoms with E-state index in [1.165, 1.54) is 43.4 Å². The van der Waals surface area contributed by atoms with Crippen LogP contribution >= 0.6 is 0 Å². The van der Waals surface area contributed by atoms with E-state index >= 15 is 0 Å².